The maximum atomic E-state index is 9.63. The molecule has 0 fully saturated rings. The zero-order chi connectivity index (χ0) is 27.3. The molecule has 1 unspecified atom stereocenters. The molecule has 1 N–H and O–H groups in total. The number of hydrogen-bond donors (Lipinski definition) is 1. The Labute approximate surface area is 233 Å². The third kappa shape index (κ3) is 8.07. The number of unbranched alkanes of at least 4 members (excludes halogenated alkanes) is 2. The van der Waals surface area contributed by atoms with Crippen LogP contribution in [0.15, 0.2) is 48.5 Å². The minimum atomic E-state index is -0.735. The molecule has 8 heteroatoms. The molecule has 1 aromatic heterocycles. The van der Waals surface area contributed by atoms with E-state index < -0.39 is 6.10 Å². The van der Waals surface area contributed by atoms with Crippen LogP contribution in [-0.2, 0) is 0 Å². The number of alkyl halides is 1. The van der Waals surface area contributed by atoms with E-state index in [1.54, 1.807) is 12.1 Å². The van der Waals surface area contributed by atoms with E-state index in [1.807, 2.05) is 30.3 Å². The first-order valence-electron chi connectivity index (χ1n) is 12.9. The number of benzene rings is 2. The van der Waals surface area contributed by atoms with Crippen molar-refractivity contribution < 1.29 is 9.84 Å². The highest BCUT2D eigenvalue weighted by atomic mass is 35.5. The molecule has 0 aliphatic carbocycles. The van der Waals surface area contributed by atoms with Gasteiger partial charge in [-0.1, -0.05) is 38.8 Å². The highest BCUT2D eigenvalue weighted by Crippen LogP contribution is 2.21. The molecule has 0 aliphatic heterocycles. The van der Waals surface area contributed by atoms with E-state index in [4.69, 9.17) is 16.3 Å². The molecule has 0 bridgehead atoms. The smallest absolute Gasteiger partial charge is 0.165 e. The lowest BCUT2D eigenvalue weighted by Gasteiger charge is -2.24. The molecule has 1 heterocycles. The Hall–Kier alpha value is -3.36. The number of hydrogen-bond acceptors (Lipinski definition) is 7. The van der Waals surface area contributed by atoms with Crippen molar-refractivity contribution in [2.75, 3.05) is 30.5 Å². The van der Waals surface area contributed by atoms with Gasteiger partial charge in [-0.2, -0.15) is 10.5 Å². The lowest BCUT2D eigenvalue weighted by Crippen LogP contribution is -2.25. The van der Waals surface area contributed by atoms with Crippen molar-refractivity contribution in [3.05, 3.63) is 63.3 Å². The molecule has 6 nitrogen and oxygen atoms in total. The predicted molar refractivity (Wildman–Crippen MR) is 156 cm³/mol. The average molecular weight is 549 g/mol. The Morgan fingerprint density at radius 3 is 2.24 bits per heavy atom. The number of nitriles is 2. The summed E-state index contributed by atoms with van der Waals surface area (Å²) >= 11 is 6.95. The monoisotopic (exact) mass is 548 g/mol. The maximum absolute atomic E-state index is 9.63. The molecule has 1 atom stereocenters. The summed E-state index contributed by atoms with van der Waals surface area (Å²) in [5.41, 5.74) is 3.75. The average Bonchev–Trinajstić information content (AvgIpc) is 3.36. The summed E-state index contributed by atoms with van der Waals surface area (Å²) in [5.74, 6) is 0.706. The van der Waals surface area contributed by atoms with E-state index in [-0.39, 0.29) is 18.1 Å². The zero-order valence-corrected chi connectivity index (χ0v) is 23.4. The van der Waals surface area contributed by atoms with E-state index in [0.717, 1.165) is 41.6 Å². The van der Waals surface area contributed by atoms with Gasteiger partial charge in [-0.05, 0) is 60.9 Å². The Kier molecular flexibility index (Phi) is 11.6. The van der Waals surface area contributed by atoms with Gasteiger partial charge in [0, 0.05) is 24.3 Å². The number of aliphatic hydroxyl groups excluding tert-OH is 1. The van der Waals surface area contributed by atoms with Crippen LogP contribution in [0.5, 0.6) is 5.75 Å². The zero-order valence-electron chi connectivity index (χ0n) is 21.9. The van der Waals surface area contributed by atoms with Crippen LogP contribution >= 0.6 is 22.9 Å². The first-order valence-corrected chi connectivity index (χ1v) is 14.2. The molecule has 198 valence electrons. The maximum Gasteiger partial charge on any atom is 0.165 e. The predicted octanol–water partition coefficient (Wildman–Crippen LogP) is 5.22. The summed E-state index contributed by atoms with van der Waals surface area (Å²) in [6, 6.07) is 19.8. The van der Waals surface area contributed by atoms with Gasteiger partial charge in [-0.25, -0.2) is 4.98 Å². The molecule has 38 heavy (non-hydrogen) atoms. The second kappa shape index (κ2) is 15.1. The van der Waals surface area contributed by atoms with Crippen LogP contribution in [0.25, 0.3) is 22.9 Å². The van der Waals surface area contributed by atoms with E-state index >= 15 is 0 Å². The summed E-state index contributed by atoms with van der Waals surface area (Å²) in [7, 11) is 0. The van der Waals surface area contributed by atoms with Crippen molar-refractivity contribution in [3.8, 4) is 29.1 Å². The highest BCUT2D eigenvalue weighted by Gasteiger charge is 2.10. The molecule has 0 aliphatic rings. The van der Waals surface area contributed by atoms with E-state index in [2.05, 4.69) is 48.0 Å². The standard InChI is InChI=1S/C30H33ClN4O2S/c1-3-5-15-35(16-6-4-2)25-11-7-22(8-12-25)17-28-29(34-30(38-28)24(19-32)20-33)23-9-13-27(14-10-23)37-21-26(36)18-31/h7-14,17,26,36H,3-6,15-16,18,21H2,1-2H3. The Bertz CT molecular complexity index is 1350. The summed E-state index contributed by atoms with van der Waals surface area (Å²) in [6.07, 6.45) is 5.96. The number of rotatable bonds is 13. The molecule has 3 aromatic rings. The van der Waals surface area contributed by atoms with Crippen molar-refractivity contribution in [2.24, 2.45) is 0 Å². The normalized spacial score (nSPS) is 12.0. The number of aromatic nitrogens is 1. The molecule has 3 rings (SSSR count). The van der Waals surface area contributed by atoms with Crippen molar-refractivity contribution in [1.82, 2.24) is 4.98 Å². The Balaban J connectivity index is 1.97. The SMILES string of the molecule is CCCCN(CCCC)c1ccc(C=c2sc(=C(C#N)C#N)nc2-c2ccc(OCC(O)CCl)cc2)cc1. The van der Waals surface area contributed by atoms with E-state index in [1.165, 1.54) is 29.9 Å². The van der Waals surface area contributed by atoms with Crippen molar-refractivity contribution in [2.45, 2.75) is 45.6 Å². The molecule has 0 spiro atoms. The van der Waals surface area contributed by atoms with Gasteiger partial charge in [0.1, 0.15) is 35.3 Å². The number of anilines is 1. The number of halogens is 1. The minimum Gasteiger partial charge on any atom is -0.491 e. The summed E-state index contributed by atoms with van der Waals surface area (Å²) in [5, 5.41) is 28.4. The lowest BCUT2D eigenvalue weighted by molar-refractivity contribution is 0.125. The molecular weight excluding hydrogens is 516 g/mol. The van der Waals surface area contributed by atoms with Gasteiger partial charge in [-0.3, -0.25) is 0 Å². The lowest BCUT2D eigenvalue weighted by atomic mass is 10.1. The van der Waals surface area contributed by atoms with Gasteiger partial charge in [0.2, 0.25) is 0 Å². The number of ether oxygens (including phenoxy) is 1. The second-order valence-corrected chi connectivity index (χ2v) is 10.2. The van der Waals surface area contributed by atoms with Crippen LogP contribution in [-0.4, -0.2) is 41.8 Å². The summed E-state index contributed by atoms with van der Waals surface area (Å²) in [4.78, 5) is 7.10. The second-order valence-electron chi connectivity index (χ2n) is 8.90. The first-order chi connectivity index (χ1) is 18.5. The third-order valence-corrected chi connectivity index (χ3v) is 7.33. The molecule has 0 radical (unpaired) electrons. The number of nitrogens with zero attached hydrogens (tertiary/aromatic N) is 4. The van der Waals surface area contributed by atoms with Crippen LogP contribution in [0.4, 0.5) is 5.69 Å². The van der Waals surface area contributed by atoms with E-state index in [0.29, 0.717) is 16.1 Å². The van der Waals surface area contributed by atoms with Crippen molar-refractivity contribution >= 4 is 40.3 Å². The van der Waals surface area contributed by atoms with Crippen molar-refractivity contribution in [1.29, 1.82) is 10.5 Å². The fraction of sp³-hybridized carbons (Fsp3) is 0.367. The quantitative estimate of drug-likeness (QED) is 0.294. The highest BCUT2D eigenvalue weighted by molar-refractivity contribution is 7.08. The van der Waals surface area contributed by atoms with E-state index in [9.17, 15) is 15.6 Å². The van der Waals surface area contributed by atoms with Gasteiger partial charge < -0.3 is 14.7 Å². The molecule has 0 saturated heterocycles. The molecule has 0 amide bonds. The van der Waals surface area contributed by atoms with Crippen LogP contribution in [0.1, 0.15) is 45.1 Å². The van der Waals surface area contributed by atoms with Crippen LogP contribution in [0, 0.1) is 22.7 Å². The van der Waals surface area contributed by atoms with Crippen LogP contribution in [0.3, 0.4) is 0 Å². The van der Waals surface area contributed by atoms with Gasteiger partial charge in [0.15, 0.2) is 5.57 Å². The number of thiazole rings is 1. The largest absolute Gasteiger partial charge is 0.491 e. The van der Waals surface area contributed by atoms with Gasteiger partial charge in [0.05, 0.1) is 16.1 Å². The third-order valence-electron chi connectivity index (χ3n) is 5.96. The van der Waals surface area contributed by atoms with Gasteiger partial charge >= 0.3 is 0 Å². The number of aliphatic hydroxyl groups is 1. The molecule has 2 aromatic carbocycles. The fourth-order valence-corrected chi connectivity index (χ4v) is 4.89. The minimum absolute atomic E-state index is 0.0104. The van der Waals surface area contributed by atoms with Crippen molar-refractivity contribution in [3.63, 3.8) is 0 Å². The molecular formula is C30H33ClN4O2S. The Morgan fingerprint density at radius 2 is 1.68 bits per heavy atom. The topological polar surface area (TPSA) is 93.2 Å². The first kappa shape index (κ1) is 29.2. The van der Waals surface area contributed by atoms with Crippen LogP contribution < -0.4 is 18.8 Å². The molecule has 0 saturated carbocycles. The fourth-order valence-electron chi connectivity index (χ4n) is 3.81. The van der Waals surface area contributed by atoms with Crippen LogP contribution in [0.2, 0.25) is 0 Å². The summed E-state index contributed by atoms with van der Waals surface area (Å²) < 4.78 is 6.83. The van der Waals surface area contributed by atoms with Gasteiger partial charge in [0.25, 0.3) is 0 Å². The van der Waals surface area contributed by atoms with Gasteiger partial charge in [-0.15, -0.1) is 22.9 Å². The summed E-state index contributed by atoms with van der Waals surface area (Å²) in [6.45, 7) is 6.63. The Morgan fingerprint density at radius 1 is 1.05 bits per heavy atom.